The Kier molecular flexibility index (Phi) is 4.67. The maximum absolute atomic E-state index is 12.4. The first-order chi connectivity index (χ1) is 15.0. The SMILES string of the molecule is Cc1cc(/C=N\NC(=O)c2cc3cc(Cl)ccc3o2)c(C)n1-c1ccc2c(c1)OCO2. The maximum Gasteiger partial charge on any atom is 0.307 e. The van der Waals surface area contributed by atoms with Crippen molar-refractivity contribution in [2.24, 2.45) is 5.10 Å². The number of carbonyl (C=O) groups excluding carboxylic acids is 1. The largest absolute Gasteiger partial charge is 0.454 e. The van der Waals surface area contributed by atoms with Crippen LogP contribution in [0.5, 0.6) is 11.5 Å². The molecule has 0 saturated carbocycles. The highest BCUT2D eigenvalue weighted by atomic mass is 35.5. The smallest absolute Gasteiger partial charge is 0.307 e. The van der Waals surface area contributed by atoms with E-state index in [2.05, 4.69) is 15.1 Å². The molecule has 0 fully saturated rings. The monoisotopic (exact) mass is 435 g/mol. The van der Waals surface area contributed by atoms with Gasteiger partial charge < -0.3 is 18.5 Å². The van der Waals surface area contributed by atoms with Gasteiger partial charge >= 0.3 is 5.91 Å². The lowest BCUT2D eigenvalue weighted by atomic mass is 10.2. The van der Waals surface area contributed by atoms with E-state index < -0.39 is 5.91 Å². The lowest BCUT2D eigenvalue weighted by molar-refractivity contribution is 0.0929. The van der Waals surface area contributed by atoms with Gasteiger partial charge in [-0.15, -0.1) is 0 Å². The predicted molar refractivity (Wildman–Crippen MR) is 118 cm³/mol. The fourth-order valence-electron chi connectivity index (χ4n) is 3.68. The average Bonchev–Trinajstić information content (AvgIpc) is 3.44. The zero-order valence-corrected chi connectivity index (χ0v) is 17.6. The van der Waals surface area contributed by atoms with Crippen LogP contribution in [0, 0.1) is 13.8 Å². The molecule has 0 bridgehead atoms. The second kappa shape index (κ2) is 7.52. The lowest BCUT2D eigenvalue weighted by Gasteiger charge is -2.10. The molecule has 3 heterocycles. The van der Waals surface area contributed by atoms with Crippen LogP contribution >= 0.6 is 11.6 Å². The van der Waals surface area contributed by atoms with E-state index in [4.69, 9.17) is 25.5 Å². The Morgan fingerprint density at radius 3 is 2.81 bits per heavy atom. The Bertz CT molecular complexity index is 1350. The van der Waals surface area contributed by atoms with Crippen LogP contribution in [-0.4, -0.2) is 23.5 Å². The predicted octanol–water partition coefficient (Wildman–Crippen LogP) is 4.99. The number of halogens is 1. The van der Waals surface area contributed by atoms with Crippen LogP contribution in [0.15, 0.2) is 58.0 Å². The number of rotatable bonds is 4. The van der Waals surface area contributed by atoms with Crippen molar-refractivity contribution in [3.63, 3.8) is 0 Å². The average molecular weight is 436 g/mol. The van der Waals surface area contributed by atoms with E-state index >= 15 is 0 Å². The third-order valence-corrected chi connectivity index (χ3v) is 5.39. The van der Waals surface area contributed by atoms with Crippen LogP contribution in [0.1, 0.15) is 27.5 Å². The molecule has 0 radical (unpaired) electrons. The highest BCUT2D eigenvalue weighted by Gasteiger charge is 2.17. The lowest BCUT2D eigenvalue weighted by Crippen LogP contribution is -2.16. The number of furan rings is 1. The first-order valence-electron chi connectivity index (χ1n) is 9.61. The molecule has 156 valence electrons. The van der Waals surface area contributed by atoms with Crippen LogP contribution in [0.2, 0.25) is 5.02 Å². The molecule has 1 aliphatic heterocycles. The number of hydrazone groups is 1. The number of amides is 1. The van der Waals surface area contributed by atoms with Gasteiger partial charge in [-0.05, 0) is 56.3 Å². The van der Waals surface area contributed by atoms with E-state index in [0.29, 0.717) is 10.6 Å². The van der Waals surface area contributed by atoms with Gasteiger partial charge in [0.05, 0.1) is 6.21 Å². The van der Waals surface area contributed by atoms with Crippen LogP contribution in [0.4, 0.5) is 0 Å². The van der Waals surface area contributed by atoms with Crippen LogP contribution < -0.4 is 14.9 Å². The second-order valence-corrected chi connectivity index (χ2v) is 7.63. The van der Waals surface area contributed by atoms with Gasteiger partial charge in [-0.1, -0.05) is 11.6 Å². The van der Waals surface area contributed by atoms with E-state index in [0.717, 1.165) is 39.5 Å². The maximum atomic E-state index is 12.4. The molecule has 7 nitrogen and oxygen atoms in total. The van der Waals surface area contributed by atoms with Crippen molar-refractivity contribution in [1.29, 1.82) is 0 Å². The van der Waals surface area contributed by atoms with E-state index in [9.17, 15) is 4.79 Å². The molecule has 0 unspecified atom stereocenters. The molecule has 0 atom stereocenters. The van der Waals surface area contributed by atoms with Gasteiger partial charge in [-0.3, -0.25) is 4.79 Å². The van der Waals surface area contributed by atoms with Gasteiger partial charge in [0.1, 0.15) is 5.58 Å². The summed E-state index contributed by atoms with van der Waals surface area (Å²) in [5, 5.41) is 5.44. The summed E-state index contributed by atoms with van der Waals surface area (Å²) in [5.74, 6) is 1.19. The van der Waals surface area contributed by atoms with Crippen LogP contribution in [0.25, 0.3) is 16.7 Å². The Morgan fingerprint density at radius 1 is 1.10 bits per heavy atom. The molecule has 2 aromatic heterocycles. The van der Waals surface area contributed by atoms with Gasteiger partial charge in [-0.2, -0.15) is 5.10 Å². The van der Waals surface area contributed by atoms with Crippen molar-refractivity contribution in [3.8, 4) is 17.2 Å². The molecule has 2 aromatic carbocycles. The molecule has 5 rings (SSSR count). The summed E-state index contributed by atoms with van der Waals surface area (Å²) >= 11 is 5.98. The molecule has 1 amide bonds. The number of carbonyl (C=O) groups is 1. The van der Waals surface area contributed by atoms with E-state index in [1.165, 1.54) is 0 Å². The minimum atomic E-state index is -0.437. The van der Waals surface area contributed by atoms with Crippen molar-refractivity contribution in [2.75, 3.05) is 6.79 Å². The summed E-state index contributed by atoms with van der Waals surface area (Å²) < 4.78 is 18.5. The molecule has 1 aliphatic rings. The number of aromatic nitrogens is 1. The van der Waals surface area contributed by atoms with Crippen LogP contribution in [0.3, 0.4) is 0 Å². The van der Waals surface area contributed by atoms with Crippen molar-refractivity contribution < 1.29 is 18.7 Å². The highest BCUT2D eigenvalue weighted by Crippen LogP contribution is 2.34. The molecule has 0 spiro atoms. The Balaban J connectivity index is 1.35. The van der Waals surface area contributed by atoms with E-state index in [1.54, 1.807) is 30.5 Å². The first kappa shape index (κ1) is 19.3. The number of nitrogens with zero attached hydrogens (tertiary/aromatic N) is 2. The Morgan fingerprint density at radius 2 is 1.94 bits per heavy atom. The molecule has 31 heavy (non-hydrogen) atoms. The van der Waals surface area contributed by atoms with E-state index in [-0.39, 0.29) is 12.6 Å². The summed E-state index contributed by atoms with van der Waals surface area (Å²) in [6.07, 6.45) is 1.61. The molecule has 0 aliphatic carbocycles. The van der Waals surface area contributed by atoms with Gasteiger partial charge in [0.15, 0.2) is 17.3 Å². The summed E-state index contributed by atoms with van der Waals surface area (Å²) in [6, 6.07) is 14.6. The third-order valence-electron chi connectivity index (χ3n) is 5.16. The topological polar surface area (TPSA) is 78.0 Å². The number of hydrogen-bond donors (Lipinski definition) is 1. The number of nitrogens with one attached hydrogen (secondary N) is 1. The molecular weight excluding hydrogens is 418 g/mol. The number of ether oxygens (including phenoxy) is 2. The molecule has 8 heteroatoms. The number of benzene rings is 2. The number of hydrogen-bond acceptors (Lipinski definition) is 5. The van der Waals surface area contributed by atoms with E-state index in [1.807, 2.05) is 38.1 Å². The summed E-state index contributed by atoms with van der Waals surface area (Å²) in [4.78, 5) is 12.4. The normalized spacial score (nSPS) is 12.7. The fraction of sp³-hybridized carbons (Fsp3) is 0.130. The van der Waals surface area contributed by atoms with Gasteiger partial charge in [0.2, 0.25) is 6.79 Å². The van der Waals surface area contributed by atoms with Crippen LogP contribution in [-0.2, 0) is 0 Å². The summed E-state index contributed by atoms with van der Waals surface area (Å²) in [5.41, 5.74) is 6.95. The number of fused-ring (bicyclic) bond motifs is 2. The summed E-state index contributed by atoms with van der Waals surface area (Å²) in [7, 11) is 0. The molecular formula is C23H18ClN3O4. The third kappa shape index (κ3) is 3.53. The molecule has 0 saturated heterocycles. The molecule has 1 N–H and O–H groups in total. The number of aryl methyl sites for hydroxylation is 1. The zero-order valence-electron chi connectivity index (χ0n) is 16.8. The highest BCUT2D eigenvalue weighted by molar-refractivity contribution is 6.31. The van der Waals surface area contributed by atoms with Crippen molar-refractivity contribution in [2.45, 2.75) is 13.8 Å². The Hall–Kier alpha value is -3.71. The quantitative estimate of drug-likeness (QED) is 0.362. The van der Waals surface area contributed by atoms with Crippen molar-refractivity contribution in [1.82, 2.24) is 9.99 Å². The summed E-state index contributed by atoms with van der Waals surface area (Å²) in [6.45, 7) is 4.23. The van der Waals surface area contributed by atoms with Crippen molar-refractivity contribution in [3.05, 3.63) is 76.3 Å². The van der Waals surface area contributed by atoms with Crippen molar-refractivity contribution >= 4 is 34.7 Å². The van der Waals surface area contributed by atoms with Gasteiger partial charge in [0, 0.05) is 39.1 Å². The van der Waals surface area contributed by atoms with Gasteiger partial charge in [-0.25, -0.2) is 5.43 Å². The second-order valence-electron chi connectivity index (χ2n) is 7.19. The Labute approximate surface area is 182 Å². The fourth-order valence-corrected chi connectivity index (χ4v) is 3.86. The standard InChI is InChI=1S/C23H18ClN3O4/c1-13-7-16(14(2)27(13)18-4-6-20-21(10-18)30-12-29-20)11-25-26-23(28)22-9-15-8-17(24)3-5-19(15)31-22/h3-11H,12H2,1-2H3,(H,26,28)/b25-11-. The van der Waals surface area contributed by atoms with Gasteiger partial charge in [0.25, 0.3) is 0 Å². The minimum absolute atomic E-state index is 0.167. The minimum Gasteiger partial charge on any atom is -0.454 e. The molecule has 4 aromatic rings. The zero-order chi connectivity index (χ0) is 21.5. The first-order valence-corrected chi connectivity index (χ1v) is 9.99.